The van der Waals surface area contributed by atoms with Gasteiger partial charge < -0.3 is 20.7 Å². The molecule has 0 saturated carbocycles. The number of amides is 2. The zero-order valence-corrected chi connectivity index (χ0v) is 18.0. The van der Waals surface area contributed by atoms with E-state index in [4.69, 9.17) is 10.5 Å². The first kappa shape index (κ1) is 22.3. The molecular formula is C23H28N4O4. The molecule has 1 aliphatic heterocycles. The van der Waals surface area contributed by atoms with Crippen molar-refractivity contribution < 1.29 is 19.1 Å². The molecule has 164 valence electrons. The van der Waals surface area contributed by atoms with Gasteiger partial charge in [-0.1, -0.05) is 0 Å². The molecule has 3 rings (SSSR count). The van der Waals surface area contributed by atoms with E-state index in [-0.39, 0.29) is 24.0 Å². The van der Waals surface area contributed by atoms with Crippen LogP contribution in [-0.2, 0) is 9.53 Å². The quantitative estimate of drug-likeness (QED) is 0.688. The van der Waals surface area contributed by atoms with Crippen LogP contribution in [0.5, 0.6) is 0 Å². The van der Waals surface area contributed by atoms with Crippen LogP contribution in [0, 0.1) is 0 Å². The Kier molecular flexibility index (Phi) is 6.91. The minimum atomic E-state index is -0.502. The van der Waals surface area contributed by atoms with Crippen molar-refractivity contribution in [2.75, 3.05) is 37.0 Å². The zero-order valence-electron chi connectivity index (χ0n) is 18.0. The second-order valence-electron chi connectivity index (χ2n) is 7.68. The van der Waals surface area contributed by atoms with Gasteiger partial charge >= 0.3 is 5.97 Å². The Labute approximate surface area is 182 Å². The van der Waals surface area contributed by atoms with Crippen molar-refractivity contribution in [1.29, 1.82) is 0 Å². The first-order chi connectivity index (χ1) is 14.8. The summed E-state index contributed by atoms with van der Waals surface area (Å²) in [4.78, 5) is 40.0. The molecular weight excluding hydrogens is 396 g/mol. The van der Waals surface area contributed by atoms with E-state index in [1.54, 1.807) is 36.4 Å². The highest BCUT2D eigenvalue weighted by molar-refractivity contribution is 5.96. The van der Waals surface area contributed by atoms with Crippen LogP contribution in [0.25, 0.3) is 0 Å². The minimum absolute atomic E-state index is 0.102. The lowest BCUT2D eigenvalue weighted by Crippen LogP contribution is -2.57. The highest BCUT2D eigenvalue weighted by atomic mass is 16.5. The fourth-order valence-corrected chi connectivity index (χ4v) is 3.82. The molecule has 31 heavy (non-hydrogen) atoms. The van der Waals surface area contributed by atoms with Gasteiger partial charge in [0.1, 0.15) is 0 Å². The highest BCUT2D eigenvalue weighted by Crippen LogP contribution is 2.22. The zero-order chi connectivity index (χ0) is 22.5. The number of rotatable bonds is 6. The number of nitrogens with one attached hydrogen (secondary N) is 1. The van der Waals surface area contributed by atoms with Crippen LogP contribution in [0.2, 0.25) is 0 Å². The van der Waals surface area contributed by atoms with E-state index in [0.717, 1.165) is 25.3 Å². The van der Waals surface area contributed by atoms with Gasteiger partial charge in [-0.25, -0.2) is 4.79 Å². The topological polar surface area (TPSA) is 105 Å². The maximum Gasteiger partial charge on any atom is 0.337 e. The van der Waals surface area contributed by atoms with Gasteiger partial charge in [0.15, 0.2) is 0 Å². The Morgan fingerprint density at radius 1 is 1.03 bits per heavy atom. The van der Waals surface area contributed by atoms with Crippen LogP contribution in [0.15, 0.2) is 48.5 Å². The number of methoxy groups -OCH3 is 1. The number of nitrogens with zero attached hydrogens (tertiary/aromatic N) is 2. The highest BCUT2D eigenvalue weighted by Gasteiger charge is 2.31. The third-order valence-electron chi connectivity index (χ3n) is 5.65. The number of carbonyl (C=O) groups excluding carboxylic acids is 3. The fraction of sp³-hybridized carbons (Fsp3) is 0.348. The smallest absolute Gasteiger partial charge is 0.337 e. The van der Waals surface area contributed by atoms with E-state index in [2.05, 4.69) is 22.0 Å². The number of benzene rings is 2. The van der Waals surface area contributed by atoms with E-state index in [1.165, 1.54) is 7.11 Å². The number of carbonyl (C=O) groups is 3. The van der Waals surface area contributed by atoms with Gasteiger partial charge in [-0.2, -0.15) is 0 Å². The number of primary amides is 1. The van der Waals surface area contributed by atoms with Crippen molar-refractivity contribution in [3.05, 3.63) is 59.7 Å². The Hall–Kier alpha value is -3.39. The fourth-order valence-electron chi connectivity index (χ4n) is 3.82. The first-order valence-corrected chi connectivity index (χ1v) is 10.2. The summed E-state index contributed by atoms with van der Waals surface area (Å²) in [6, 6.07) is 13.7. The van der Waals surface area contributed by atoms with Gasteiger partial charge in [-0.3, -0.25) is 14.5 Å². The predicted molar refractivity (Wildman–Crippen MR) is 119 cm³/mol. The molecule has 2 unspecified atom stereocenters. The minimum Gasteiger partial charge on any atom is -0.465 e. The monoisotopic (exact) mass is 424 g/mol. The van der Waals surface area contributed by atoms with Crippen LogP contribution >= 0.6 is 0 Å². The predicted octanol–water partition coefficient (Wildman–Crippen LogP) is 2.11. The summed E-state index contributed by atoms with van der Waals surface area (Å²) in [6.07, 6.45) is 0. The van der Waals surface area contributed by atoms with E-state index in [0.29, 0.717) is 16.8 Å². The van der Waals surface area contributed by atoms with E-state index in [1.807, 2.05) is 19.1 Å². The maximum atomic E-state index is 12.8. The molecule has 2 amide bonds. The van der Waals surface area contributed by atoms with Crippen molar-refractivity contribution in [2.24, 2.45) is 5.73 Å². The molecule has 0 bridgehead atoms. The number of anilines is 2. The number of ether oxygens (including phenoxy) is 1. The summed E-state index contributed by atoms with van der Waals surface area (Å²) in [6.45, 7) is 6.26. The molecule has 1 saturated heterocycles. The summed E-state index contributed by atoms with van der Waals surface area (Å²) < 4.78 is 4.74. The van der Waals surface area contributed by atoms with Crippen LogP contribution in [-0.4, -0.2) is 61.5 Å². The summed E-state index contributed by atoms with van der Waals surface area (Å²) in [5, 5.41) is 2.90. The van der Waals surface area contributed by atoms with Gasteiger partial charge in [-0.05, 0) is 62.4 Å². The van der Waals surface area contributed by atoms with Crippen LogP contribution in [0.4, 0.5) is 11.4 Å². The molecule has 0 spiro atoms. The number of piperazine rings is 1. The molecule has 3 N–H and O–H groups in total. The van der Waals surface area contributed by atoms with Crippen molar-refractivity contribution in [2.45, 2.75) is 25.9 Å². The molecule has 0 radical (unpaired) electrons. The number of hydrogen-bond donors (Lipinski definition) is 2. The summed E-state index contributed by atoms with van der Waals surface area (Å²) in [7, 11) is 1.37. The molecule has 1 aliphatic rings. The van der Waals surface area contributed by atoms with Crippen molar-refractivity contribution in [1.82, 2.24) is 4.90 Å². The second-order valence-corrected chi connectivity index (χ2v) is 7.68. The Morgan fingerprint density at radius 3 is 2.19 bits per heavy atom. The molecule has 2 aromatic carbocycles. The lowest BCUT2D eigenvalue weighted by atomic mass is 10.1. The second kappa shape index (κ2) is 9.61. The average Bonchev–Trinajstić information content (AvgIpc) is 2.78. The van der Waals surface area contributed by atoms with Gasteiger partial charge in [0, 0.05) is 42.6 Å². The summed E-state index contributed by atoms with van der Waals surface area (Å²) in [5.74, 6) is -0.957. The molecule has 0 aromatic heterocycles. The standard InChI is InChI=1S/C23H28N4O4/c1-15-14-26(20-10-6-18(7-11-20)23(30)31-3)12-13-27(15)16(2)22(29)25-19-8-4-17(5-9-19)21(24)28/h4-11,15-16H,12-14H2,1-3H3,(H2,24,28)(H,25,29). The van der Waals surface area contributed by atoms with E-state index >= 15 is 0 Å². The number of nitrogens with two attached hydrogens (primary N) is 1. The van der Waals surface area contributed by atoms with E-state index in [9.17, 15) is 14.4 Å². The lowest BCUT2D eigenvalue weighted by molar-refractivity contribution is -0.121. The Morgan fingerprint density at radius 2 is 1.65 bits per heavy atom. The SMILES string of the molecule is COC(=O)c1ccc(N2CCN(C(C)C(=O)Nc3ccc(C(N)=O)cc3)C(C)C2)cc1. The third kappa shape index (κ3) is 5.21. The average molecular weight is 425 g/mol. The molecule has 1 heterocycles. The van der Waals surface area contributed by atoms with Crippen molar-refractivity contribution in [3.8, 4) is 0 Å². The third-order valence-corrected chi connectivity index (χ3v) is 5.65. The van der Waals surface area contributed by atoms with Gasteiger partial charge in [0.25, 0.3) is 0 Å². The van der Waals surface area contributed by atoms with Gasteiger partial charge in [-0.15, -0.1) is 0 Å². The molecule has 8 nitrogen and oxygen atoms in total. The Balaban J connectivity index is 1.58. The molecule has 2 aromatic rings. The molecule has 2 atom stereocenters. The van der Waals surface area contributed by atoms with E-state index < -0.39 is 5.91 Å². The number of esters is 1. The molecule has 8 heteroatoms. The molecule has 1 fully saturated rings. The number of hydrogen-bond acceptors (Lipinski definition) is 6. The summed E-state index contributed by atoms with van der Waals surface area (Å²) in [5.41, 5.74) is 7.82. The summed E-state index contributed by atoms with van der Waals surface area (Å²) >= 11 is 0. The molecule has 0 aliphatic carbocycles. The van der Waals surface area contributed by atoms with Gasteiger partial charge in [0.2, 0.25) is 11.8 Å². The normalized spacial score (nSPS) is 17.6. The van der Waals surface area contributed by atoms with Crippen LogP contribution < -0.4 is 16.0 Å². The van der Waals surface area contributed by atoms with Crippen LogP contribution in [0.3, 0.4) is 0 Å². The lowest BCUT2D eigenvalue weighted by Gasteiger charge is -2.43. The largest absolute Gasteiger partial charge is 0.465 e. The van der Waals surface area contributed by atoms with Crippen molar-refractivity contribution in [3.63, 3.8) is 0 Å². The first-order valence-electron chi connectivity index (χ1n) is 10.2. The Bertz CT molecular complexity index is 943. The van der Waals surface area contributed by atoms with Crippen molar-refractivity contribution >= 4 is 29.2 Å². The van der Waals surface area contributed by atoms with Crippen LogP contribution in [0.1, 0.15) is 34.6 Å². The van der Waals surface area contributed by atoms with Gasteiger partial charge in [0.05, 0.1) is 18.7 Å². The maximum absolute atomic E-state index is 12.8.